The zero-order chi connectivity index (χ0) is 17.1. The summed E-state index contributed by atoms with van der Waals surface area (Å²) < 4.78 is 24.9. The summed E-state index contributed by atoms with van der Waals surface area (Å²) in [7, 11) is 3.50. The average Bonchev–Trinajstić information content (AvgIpc) is 2.94. The summed E-state index contributed by atoms with van der Waals surface area (Å²) in [5.41, 5.74) is 0.993. The maximum Gasteiger partial charge on any atom is 0.251 e. The van der Waals surface area contributed by atoms with Crippen LogP contribution in [0.2, 0.25) is 0 Å². The first-order valence-electron chi connectivity index (χ1n) is 8.57. The highest BCUT2D eigenvalue weighted by atomic mass is 19.1. The minimum absolute atomic E-state index is 0.0289. The minimum atomic E-state index is -0.328. The van der Waals surface area contributed by atoms with Crippen LogP contribution in [0.1, 0.15) is 37.3 Å². The lowest BCUT2D eigenvalue weighted by Crippen LogP contribution is -2.35. The normalized spacial score (nSPS) is 26.4. The Labute approximate surface area is 142 Å². The minimum Gasteiger partial charge on any atom is -0.493 e. The van der Waals surface area contributed by atoms with E-state index in [9.17, 15) is 9.18 Å². The fourth-order valence-corrected chi connectivity index (χ4v) is 3.36. The van der Waals surface area contributed by atoms with Crippen molar-refractivity contribution < 1.29 is 18.7 Å². The van der Waals surface area contributed by atoms with Crippen LogP contribution in [0.3, 0.4) is 0 Å². The lowest BCUT2D eigenvalue weighted by molar-refractivity contribution is -0.140. The van der Waals surface area contributed by atoms with E-state index in [1.54, 1.807) is 25.1 Å². The van der Waals surface area contributed by atoms with Gasteiger partial charge in [-0.25, -0.2) is 4.39 Å². The highest BCUT2D eigenvalue weighted by Crippen LogP contribution is 2.32. The SMILES string of the molecule is CN(C)C(=O)[C@@H]1CC[C@H](CN[C@H]2CCCOc3cc(F)ccc32)O1. The van der Waals surface area contributed by atoms with Gasteiger partial charge in [-0.05, 0) is 31.7 Å². The number of nitrogens with one attached hydrogen (secondary N) is 1. The Morgan fingerprint density at radius 1 is 1.33 bits per heavy atom. The molecule has 1 saturated heterocycles. The van der Waals surface area contributed by atoms with E-state index in [2.05, 4.69) is 5.32 Å². The standard InChI is InChI=1S/C18H25FN2O3/c1-21(2)18(22)16-8-6-13(24-16)11-20-15-4-3-9-23-17-10-12(19)5-7-14(15)17/h5,7,10,13,15-16,20H,3-4,6,8-9,11H2,1-2H3/t13-,15+,16+/m1/s1. The first kappa shape index (κ1) is 17.2. The molecule has 1 aromatic rings. The number of carbonyl (C=O) groups excluding carboxylic acids is 1. The molecule has 1 amide bonds. The molecule has 132 valence electrons. The second-order valence-electron chi connectivity index (χ2n) is 6.69. The molecular weight excluding hydrogens is 311 g/mol. The van der Waals surface area contributed by atoms with E-state index in [1.807, 2.05) is 0 Å². The molecule has 6 heteroatoms. The van der Waals surface area contributed by atoms with Gasteiger partial charge in [0, 0.05) is 38.3 Å². The van der Waals surface area contributed by atoms with Gasteiger partial charge >= 0.3 is 0 Å². The highest BCUT2D eigenvalue weighted by molar-refractivity contribution is 5.80. The van der Waals surface area contributed by atoms with E-state index in [0.717, 1.165) is 31.2 Å². The van der Waals surface area contributed by atoms with E-state index >= 15 is 0 Å². The Morgan fingerprint density at radius 3 is 2.96 bits per heavy atom. The zero-order valence-electron chi connectivity index (χ0n) is 14.3. The van der Waals surface area contributed by atoms with Crippen molar-refractivity contribution in [2.45, 2.75) is 43.9 Å². The monoisotopic (exact) mass is 336 g/mol. The van der Waals surface area contributed by atoms with Gasteiger partial charge in [0.25, 0.3) is 5.91 Å². The van der Waals surface area contributed by atoms with Crippen molar-refractivity contribution in [3.8, 4) is 5.75 Å². The van der Waals surface area contributed by atoms with Gasteiger partial charge in [-0.15, -0.1) is 0 Å². The van der Waals surface area contributed by atoms with Crippen LogP contribution < -0.4 is 10.1 Å². The van der Waals surface area contributed by atoms with Crippen LogP contribution in [-0.2, 0) is 9.53 Å². The van der Waals surface area contributed by atoms with Crippen molar-refractivity contribution in [3.05, 3.63) is 29.6 Å². The summed E-state index contributed by atoms with van der Waals surface area (Å²) in [5.74, 6) is 0.373. The van der Waals surface area contributed by atoms with Gasteiger partial charge in [-0.1, -0.05) is 6.07 Å². The van der Waals surface area contributed by atoms with Crippen molar-refractivity contribution >= 4 is 5.91 Å². The summed E-state index contributed by atoms with van der Waals surface area (Å²) in [6, 6.07) is 4.84. The number of halogens is 1. The van der Waals surface area contributed by atoms with Crippen molar-refractivity contribution in [3.63, 3.8) is 0 Å². The number of carbonyl (C=O) groups is 1. The van der Waals surface area contributed by atoms with Gasteiger partial charge in [0.1, 0.15) is 17.7 Å². The summed E-state index contributed by atoms with van der Waals surface area (Å²) in [6.45, 7) is 1.28. The number of rotatable bonds is 4. The maximum absolute atomic E-state index is 13.4. The van der Waals surface area contributed by atoms with Crippen molar-refractivity contribution in [1.82, 2.24) is 10.2 Å². The molecule has 0 aromatic heterocycles. The molecule has 3 atom stereocenters. The van der Waals surface area contributed by atoms with Gasteiger partial charge in [0.05, 0.1) is 12.7 Å². The number of fused-ring (bicyclic) bond motifs is 1. The van der Waals surface area contributed by atoms with Crippen LogP contribution in [0.4, 0.5) is 4.39 Å². The molecule has 3 rings (SSSR count). The smallest absolute Gasteiger partial charge is 0.251 e. The Morgan fingerprint density at radius 2 is 2.17 bits per heavy atom. The molecule has 2 heterocycles. The summed E-state index contributed by atoms with van der Waals surface area (Å²) in [5, 5.41) is 3.52. The fourth-order valence-electron chi connectivity index (χ4n) is 3.36. The van der Waals surface area contributed by atoms with Crippen LogP contribution in [0.15, 0.2) is 18.2 Å². The van der Waals surface area contributed by atoms with Crippen LogP contribution in [0, 0.1) is 5.82 Å². The number of amides is 1. The predicted molar refractivity (Wildman–Crippen MR) is 88.5 cm³/mol. The van der Waals surface area contributed by atoms with E-state index in [1.165, 1.54) is 12.1 Å². The van der Waals surface area contributed by atoms with Crippen LogP contribution in [-0.4, -0.2) is 50.3 Å². The topological polar surface area (TPSA) is 50.8 Å². The summed E-state index contributed by atoms with van der Waals surface area (Å²) in [4.78, 5) is 13.5. The fraction of sp³-hybridized carbons (Fsp3) is 0.611. The molecule has 0 radical (unpaired) electrons. The third kappa shape index (κ3) is 3.87. The molecule has 0 unspecified atom stereocenters. The van der Waals surface area contributed by atoms with Gasteiger partial charge < -0.3 is 19.7 Å². The van der Waals surface area contributed by atoms with E-state index in [0.29, 0.717) is 18.9 Å². The van der Waals surface area contributed by atoms with Gasteiger partial charge in [-0.2, -0.15) is 0 Å². The predicted octanol–water partition coefficient (Wildman–Crippen LogP) is 2.26. The number of nitrogens with zero attached hydrogens (tertiary/aromatic N) is 1. The van der Waals surface area contributed by atoms with E-state index < -0.39 is 0 Å². The summed E-state index contributed by atoms with van der Waals surface area (Å²) in [6.07, 6.45) is 3.19. The quantitative estimate of drug-likeness (QED) is 0.916. The van der Waals surface area contributed by atoms with E-state index in [4.69, 9.17) is 9.47 Å². The Balaban J connectivity index is 1.58. The van der Waals surface area contributed by atoms with Crippen molar-refractivity contribution in [1.29, 1.82) is 0 Å². The van der Waals surface area contributed by atoms with Crippen LogP contribution in [0.5, 0.6) is 5.75 Å². The average molecular weight is 336 g/mol. The third-order valence-electron chi connectivity index (χ3n) is 4.66. The second kappa shape index (κ2) is 7.49. The largest absolute Gasteiger partial charge is 0.493 e. The van der Waals surface area contributed by atoms with Gasteiger partial charge in [-0.3, -0.25) is 4.79 Å². The molecule has 1 aromatic carbocycles. The summed E-state index contributed by atoms with van der Waals surface area (Å²) >= 11 is 0. The van der Waals surface area contributed by atoms with Crippen molar-refractivity contribution in [2.75, 3.05) is 27.2 Å². The molecule has 2 aliphatic heterocycles. The molecule has 5 nitrogen and oxygen atoms in total. The molecule has 0 bridgehead atoms. The van der Waals surface area contributed by atoms with Crippen molar-refractivity contribution in [2.24, 2.45) is 0 Å². The van der Waals surface area contributed by atoms with Crippen LogP contribution in [0.25, 0.3) is 0 Å². The Bertz CT molecular complexity index is 594. The zero-order valence-corrected chi connectivity index (χ0v) is 14.3. The molecule has 1 fully saturated rings. The van der Waals surface area contributed by atoms with E-state index in [-0.39, 0.29) is 30.0 Å². The lowest BCUT2D eigenvalue weighted by atomic mass is 10.0. The molecule has 0 spiro atoms. The maximum atomic E-state index is 13.4. The Hall–Kier alpha value is -1.66. The van der Waals surface area contributed by atoms with Gasteiger partial charge in [0.2, 0.25) is 0 Å². The number of hydrogen-bond donors (Lipinski definition) is 1. The molecule has 24 heavy (non-hydrogen) atoms. The molecule has 0 aliphatic carbocycles. The van der Waals surface area contributed by atoms with Crippen LogP contribution >= 0.6 is 0 Å². The number of hydrogen-bond acceptors (Lipinski definition) is 4. The number of likely N-dealkylation sites (N-methyl/N-ethyl adjacent to an activating group) is 1. The highest BCUT2D eigenvalue weighted by Gasteiger charge is 2.32. The molecule has 2 aliphatic rings. The van der Waals surface area contributed by atoms with Gasteiger partial charge in [0.15, 0.2) is 0 Å². The second-order valence-corrected chi connectivity index (χ2v) is 6.69. The third-order valence-corrected chi connectivity index (χ3v) is 4.66. The number of benzene rings is 1. The first-order chi connectivity index (χ1) is 11.5. The molecule has 0 saturated carbocycles. The Kier molecular flexibility index (Phi) is 5.36. The first-order valence-corrected chi connectivity index (χ1v) is 8.57. The molecular formula is C18H25FN2O3. The molecule has 1 N–H and O–H groups in total. The number of ether oxygens (including phenoxy) is 2. The lowest BCUT2D eigenvalue weighted by Gasteiger charge is -2.21.